The third-order valence-corrected chi connectivity index (χ3v) is 6.74. The van der Waals surface area contributed by atoms with Crippen molar-refractivity contribution in [2.24, 2.45) is 5.92 Å². The van der Waals surface area contributed by atoms with Crippen LogP contribution in [0.5, 0.6) is 0 Å². The Morgan fingerprint density at radius 1 is 1.12 bits per heavy atom. The van der Waals surface area contributed by atoms with Crippen LogP contribution in [0.4, 0.5) is 9.80 Å². The Kier molecular flexibility index (Phi) is 3.18. The Hall–Kier alpha value is -1.92. The second-order valence-electron chi connectivity index (χ2n) is 6.94. The van der Waals surface area contributed by atoms with E-state index >= 15 is 0 Å². The third-order valence-electron chi connectivity index (χ3n) is 5.58. The van der Waals surface area contributed by atoms with E-state index in [1.165, 1.54) is 0 Å². The monoisotopic (exact) mass is 341 g/mol. The maximum absolute atomic E-state index is 12.6. The Morgan fingerprint density at radius 2 is 1.92 bits per heavy atom. The van der Waals surface area contributed by atoms with E-state index in [0.717, 1.165) is 47.9 Å². The van der Waals surface area contributed by atoms with Crippen molar-refractivity contribution in [3.63, 3.8) is 0 Å². The number of hydrogen-bond acceptors (Lipinski definition) is 5. The molecule has 124 valence electrons. The summed E-state index contributed by atoms with van der Waals surface area (Å²) in [5.41, 5.74) is 0.834. The first-order valence-electron chi connectivity index (χ1n) is 8.47. The van der Waals surface area contributed by atoms with Gasteiger partial charge in [0.1, 0.15) is 10.6 Å². The topological polar surface area (TPSA) is 45.7 Å². The normalized spacial score (nSPS) is 31.7. The summed E-state index contributed by atoms with van der Waals surface area (Å²) in [6, 6.07) is 8.09. The molecule has 6 rings (SSSR count). The molecule has 4 aliphatic rings. The van der Waals surface area contributed by atoms with Crippen molar-refractivity contribution in [1.29, 1.82) is 0 Å². The summed E-state index contributed by atoms with van der Waals surface area (Å²) in [6.07, 6.45) is 5.69. The van der Waals surface area contributed by atoms with Gasteiger partial charge in [-0.1, -0.05) is 0 Å². The summed E-state index contributed by atoms with van der Waals surface area (Å²) in [5, 5.41) is 0.972. The number of hydrogen-bond donors (Lipinski definition) is 0. The largest absolute Gasteiger partial charge is 0.439 e. The lowest BCUT2D eigenvalue weighted by atomic mass is 9.75. The molecule has 24 heavy (non-hydrogen) atoms. The zero-order valence-electron chi connectivity index (χ0n) is 13.4. The van der Waals surface area contributed by atoms with E-state index < -0.39 is 0 Å². The highest BCUT2D eigenvalue weighted by Crippen LogP contribution is 2.45. The number of nitrogens with zero attached hydrogens (tertiary/aromatic N) is 3. The Bertz CT molecular complexity index is 770. The Labute approximate surface area is 144 Å². The van der Waals surface area contributed by atoms with Gasteiger partial charge >= 0.3 is 6.09 Å². The number of fused-ring (bicyclic) bond motifs is 2. The van der Waals surface area contributed by atoms with E-state index in [4.69, 9.17) is 4.74 Å². The van der Waals surface area contributed by atoms with Crippen LogP contribution in [-0.2, 0) is 4.74 Å². The first kappa shape index (κ1) is 14.4. The molecule has 0 unspecified atom stereocenters. The second kappa shape index (κ2) is 5.29. The minimum atomic E-state index is -0.297. The van der Waals surface area contributed by atoms with Gasteiger partial charge in [0.15, 0.2) is 0 Å². The molecule has 2 aromatic rings. The summed E-state index contributed by atoms with van der Waals surface area (Å²) < 4.78 is 5.95. The van der Waals surface area contributed by atoms with Crippen LogP contribution in [0.2, 0.25) is 0 Å². The molecule has 0 aromatic carbocycles. The van der Waals surface area contributed by atoms with Crippen LogP contribution < -0.4 is 4.90 Å². The van der Waals surface area contributed by atoms with E-state index in [9.17, 15) is 4.79 Å². The number of rotatable bonds is 2. The summed E-state index contributed by atoms with van der Waals surface area (Å²) >= 11 is 1.64. The lowest BCUT2D eigenvalue weighted by Gasteiger charge is -2.49. The number of thiophene rings is 1. The van der Waals surface area contributed by atoms with E-state index in [0.29, 0.717) is 12.5 Å². The van der Waals surface area contributed by atoms with Gasteiger partial charge in [-0.05, 0) is 55.8 Å². The molecule has 1 atom stereocenters. The molecule has 6 heteroatoms. The number of ether oxygens (including phenoxy) is 1. The second-order valence-corrected chi connectivity index (χ2v) is 8.01. The molecule has 2 aromatic heterocycles. The first-order valence-corrected chi connectivity index (χ1v) is 9.28. The zero-order valence-corrected chi connectivity index (χ0v) is 14.2. The van der Waals surface area contributed by atoms with Gasteiger partial charge in [0.25, 0.3) is 0 Å². The Morgan fingerprint density at radius 3 is 2.62 bits per heavy atom. The van der Waals surface area contributed by atoms with Crippen LogP contribution in [0, 0.1) is 5.92 Å². The number of carbonyl (C=O) groups is 1. The Balaban J connectivity index is 1.42. The van der Waals surface area contributed by atoms with E-state index in [-0.39, 0.29) is 11.7 Å². The first-order chi connectivity index (χ1) is 11.7. The molecule has 0 radical (unpaired) electrons. The van der Waals surface area contributed by atoms with E-state index in [1.54, 1.807) is 23.7 Å². The highest BCUT2D eigenvalue weighted by Gasteiger charge is 2.55. The number of anilines is 1. The van der Waals surface area contributed by atoms with Gasteiger partial charge in [0.05, 0.1) is 6.54 Å². The predicted octanol–water partition coefficient (Wildman–Crippen LogP) is 3.23. The van der Waals surface area contributed by atoms with Gasteiger partial charge in [-0.25, -0.2) is 4.79 Å². The van der Waals surface area contributed by atoms with Crippen molar-refractivity contribution >= 4 is 22.4 Å². The highest BCUT2D eigenvalue weighted by molar-refractivity contribution is 7.19. The predicted molar refractivity (Wildman–Crippen MR) is 93.3 cm³/mol. The molecule has 5 nitrogen and oxygen atoms in total. The van der Waals surface area contributed by atoms with Crippen molar-refractivity contribution in [3.8, 4) is 10.4 Å². The lowest BCUT2D eigenvalue weighted by Crippen LogP contribution is -2.61. The summed E-state index contributed by atoms with van der Waals surface area (Å²) in [6.45, 7) is 3.87. The maximum Gasteiger partial charge on any atom is 0.415 e. The van der Waals surface area contributed by atoms with Gasteiger partial charge < -0.3 is 4.74 Å². The summed E-state index contributed by atoms with van der Waals surface area (Å²) in [5.74, 6) is 0.510. The minimum absolute atomic E-state index is 0.188. The zero-order chi connectivity index (χ0) is 16.1. The summed E-state index contributed by atoms with van der Waals surface area (Å²) in [4.78, 5) is 22.0. The van der Waals surface area contributed by atoms with E-state index in [2.05, 4.69) is 16.0 Å². The average molecular weight is 341 g/mol. The molecule has 4 saturated heterocycles. The van der Waals surface area contributed by atoms with Crippen LogP contribution in [0.15, 0.2) is 36.7 Å². The standard InChI is InChI=1S/C18H19N3O2S/c22-17-21(12-18(23-17)11-20-9-5-14(18)6-10-20)16-2-1-15(24-16)13-3-7-19-8-4-13/h1-4,7-8,14H,5-6,9-12H2/t18-/m0/s1. The fraction of sp³-hybridized carbons (Fsp3) is 0.444. The molecule has 4 fully saturated rings. The number of amides is 1. The number of pyridine rings is 1. The molecule has 0 saturated carbocycles. The van der Waals surface area contributed by atoms with Gasteiger partial charge in [-0.15, -0.1) is 11.3 Å². The van der Waals surface area contributed by atoms with Gasteiger partial charge in [-0.2, -0.15) is 0 Å². The fourth-order valence-electron chi connectivity index (χ4n) is 4.32. The number of piperidine rings is 3. The molecule has 1 amide bonds. The van der Waals surface area contributed by atoms with Crippen molar-refractivity contribution in [3.05, 3.63) is 36.7 Å². The third kappa shape index (κ3) is 2.17. The SMILES string of the molecule is O=C1O[C@@]2(CN3CCC2CC3)CN1c1ccc(-c2ccncc2)s1. The molecule has 4 aliphatic heterocycles. The molecular formula is C18H19N3O2S. The van der Waals surface area contributed by atoms with Crippen molar-refractivity contribution in [2.45, 2.75) is 18.4 Å². The van der Waals surface area contributed by atoms with Crippen molar-refractivity contribution < 1.29 is 9.53 Å². The summed E-state index contributed by atoms with van der Waals surface area (Å²) in [7, 11) is 0. The molecule has 0 N–H and O–H groups in total. The molecule has 6 heterocycles. The average Bonchev–Trinajstić information content (AvgIpc) is 3.22. The van der Waals surface area contributed by atoms with Crippen LogP contribution in [0.25, 0.3) is 10.4 Å². The molecule has 2 bridgehead atoms. The number of carbonyl (C=O) groups excluding carboxylic acids is 1. The van der Waals surface area contributed by atoms with Crippen LogP contribution in [-0.4, -0.2) is 47.8 Å². The van der Waals surface area contributed by atoms with Crippen molar-refractivity contribution in [2.75, 3.05) is 31.1 Å². The van der Waals surface area contributed by atoms with Crippen LogP contribution in [0.3, 0.4) is 0 Å². The van der Waals surface area contributed by atoms with Crippen LogP contribution in [0.1, 0.15) is 12.8 Å². The van der Waals surface area contributed by atoms with Gasteiger partial charge in [0, 0.05) is 29.7 Å². The van der Waals surface area contributed by atoms with E-state index in [1.807, 2.05) is 23.1 Å². The van der Waals surface area contributed by atoms with Crippen LogP contribution >= 0.6 is 11.3 Å². The molecule has 1 spiro atoms. The maximum atomic E-state index is 12.6. The lowest BCUT2D eigenvalue weighted by molar-refractivity contribution is -0.0881. The van der Waals surface area contributed by atoms with Crippen molar-refractivity contribution in [1.82, 2.24) is 9.88 Å². The quantitative estimate of drug-likeness (QED) is 0.841. The minimum Gasteiger partial charge on any atom is -0.439 e. The number of aromatic nitrogens is 1. The van der Waals surface area contributed by atoms with Gasteiger partial charge in [-0.3, -0.25) is 14.8 Å². The highest BCUT2D eigenvalue weighted by atomic mass is 32.1. The smallest absolute Gasteiger partial charge is 0.415 e. The molecular weight excluding hydrogens is 322 g/mol. The molecule has 0 aliphatic carbocycles. The fourth-order valence-corrected chi connectivity index (χ4v) is 5.33. The van der Waals surface area contributed by atoms with Gasteiger partial charge in [0.2, 0.25) is 0 Å².